The third kappa shape index (κ3) is 5.48. The third-order valence-corrected chi connectivity index (χ3v) is 5.13. The Hall–Kier alpha value is -2.51. The minimum atomic E-state index is -0.172. The smallest absolute Gasteiger partial charge is 0.251 e. The lowest BCUT2D eigenvalue weighted by Crippen LogP contribution is -2.24. The molecule has 6 nitrogen and oxygen atoms in total. The van der Waals surface area contributed by atoms with E-state index in [2.05, 4.69) is 15.5 Å². The molecule has 0 atom stereocenters. The van der Waals surface area contributed by atoms with E-state index >= 15 is 0 Å². The molecule has 0 aliphatic carbocycles. The number of nitrogens with one attached hydrogen (secondary N) is 2. The van der Waals surface area contributed by atoms with E-state index < -0.39 is 0 Å². The summed E-state index contributed by atoms with van der Waals surface area (Å²) < 4.78 is 5.66. The maximum absolute atomic E-state index is 12.4. The first-order chi connectivity index (χ1) is 13.0. The third-order valence-electron chi connectivity index (χ3n) is 4.06. The topological polar surface area (TPSA) is 70.7 Å². The molecule has 27 heavy (non-hydrogen) atoms. The molecule has 0 bridgehead atoms. The first kappa shape index (κ1) is 19.3. The Balaban J connectivity index is 1.53. The van der Waals surface area contributed by atoms with Crippen molar-refractivity contribution in [1.29, 1.82) is 0 Å². The van der Waals surface area contributed by atoms with Crippen LogP contribution in [0, 0.1) is 0 Å². The van der Waals surface area contributed by atoms with Crippen molar-refractivity contribution in [3.05, 3.63) is 53.6 Å². The second kappa shape index (κ2) is 8.92. The van der Waals surface area contributed by atoms with Crippen LogP contribution in [-0.4, -0.2) is 49.7 Å². The molecule has 0 spiro atoms. The molecule has 0 unspecified atom stereocenters. The van der Waals surface area contributed by atoms with Crippen LogP contribution in [0.5, 0.6) is 5.75 Å². The number of nitrogens with zero attached hydrogens (tertiary/aromatic N) is 1. The summed E-state index contributed by atoms with van der Waals surface area (Å²) in [6, 6.07) is 13.1. The summed E-state index contributed by atoms with van der Waals surface area (Å²) in [5.74, 6) is 1.01. The van der Waals surface area contributed by atoms with E-state index in [0.717, 1.165) is 22.8 Å². The lowest BCUT2D eigenvalue weighted by Gasteiger charge is -2.17. The SMILES string of the molecule is CN(C)CCOc1ccc(CNC(=O)c2ccc3c(c2)NC(=O)CS3)cc1. The summed E-state index contributed by atoms with van der Waals surface area (Å²) in [6.07, 6.45) is 0. The van der Waals surface area contributed by atoms with Gasteiger partial charge in [-0.1, -0.05) is 12.1 Å². The molecular weight excluding hydrogens is 362 g/mol. The summed E-state index contributed by atoms with van der Waals surface area (Å²) in [5, 5.41) is 5.71. The number of benzene rings is 2. The fourth-order valence-electron chi connectivity index (χ4n) is 2.56. The largest absolute Gasteiger partial charge is 0.492 e. The van der Waals surface area contributed by atoms with Crippen LogP contribution in [0.25, 0.3) is 0 Å². The van der Waals surface area contributed by atoms with E-state index in [1.54, 1.807) is 12.1 Å². The van der Waals surface area contributed by atoms with Gasteiger partial charge < -0.3 is 20.3 Å². The van der Waals surface area contributed by atoms with Gasteiger partial charge in [0.1, 0.15) is 12.4 Å². The molecule has 2 amide bonds. The second-order valence-corrected chi connectivity index (χ2v) is 7.54. The molecule has 2 aromatic rings. The van der Waals surface area contributed by atoms with E-state index in [0.29, 0.717) is 30.2 Å². The molecule has 3 rings (SSSR count). The van der Waals surface area contributed by atoms with Crippen LogP contribution < -0.4 is 15.4 Å². The van der Waals surface area contributed by atoms with Crippen molar-refractivity contribution in [2.75, 3.05) is 38.3 Å². The van der Waals surface area contributed by atoms with Crippen molar-refractivity contribution in [2.45, 2.75) is 11.4 Å². The van der Waals surface area contributed by atoms with Crippen LogP contribution in [0.15, 0.2) is 47.4 Å². The van der Waals surface area contributed by atoms with Gasteiger partial charge in [-0.3, -0.25) is 9.59 Å². The van der Waals surface area contributed by atoms with Crippen LogP contribution in [0.1, 0.15) is 15.9 Å². The highest BCUT2D eigenvalue weighted by atomic mass is 32.2. The highest BCUT2D eigenvalue weighted by Crippen LogP contribution is 2.31. The summed E-state index contributed by atoms with van der Waals surface area (Å²) >= 11 is 1.48. The van der Waals surface area contributed by atoms with Crippen molar-refractivity contribution in [1.82, 2.24) is 10.2 Å². The highest BCUT2D eigenvalue weighted by molar-refractivity contribution is 8.00. The monoisotopic (exact) mass is 385 g/mol. The summed E-state index contributed by atoms with van der Waals surface area (Å²) in [7, 11) is 4.01. The number of likely N-dealkylation sites (N-methyl/N-ethyl adjacent to an activating group) is 1. The molecule has 2 aromatic carbocycles. The maximum Gasteiger partial charge on any atom is 0.251 e. The Morgan fingerprint density at radius 2 is 2.00 bits per heavy atom. The Labute approximate surface area is 163 Å². The van der Waals surface area contributed by atoms with E-state index in [1.165, 1.54) is 11.8 Å². The van der Waals surface area contributed by atoms with E-state index in [-0.39, 0.29) is 11.8 Å². The average molecular weight is 385 g/mol. The fraction of sp³-hybridized carbons (Fsp3) is 0.300. The zero-order chi connectivity index (χ0) is 19.2. The molecule has 1 heterocycles. The van der Waals surface area contributed by atoms with Crippen molar-refractivity contribution in [3.8, 4) is 5.75 Å². The predicted octanol–water partition coefficient (Wildman–Crippen LogP) is 2.60. The zero-order valence-electron chi connectivity index (χ0n) is 15.5. The Morgan fingerprint density at radius 3 is 2.74 bits per heavy atom. The fourth-order valence-corrected chi connectivity index (χ4v) is 3.35. The van der Waals surface area contributed by atoms with Gasteiger partial charge in [0.05, 0.1) is 11.4 Å². The van der Waals surface area contributed by atoms with Gasteiger partial charge in [0.25, 0.3) is 5.91 Å². The molecule has 7 heteroatoms. The highest BCUT2D eigenvalue weighted by Gasteiger charge is 2.17. The molecule has 0 aromatic heterocycles. The normalized spacial score (nSPS) is 13.1. The maximum atomic E-state index is 12.4. The molecule has 2 N–H and O–H groups in total. The summed E-state index contributed by atoms with van der Waals surface area (Å²) in [4.78, 5) is 26.9. The first-order valence-electron chi connectivity index (χ1n) is 8.72. The quantitative estimate of drug-likeness (QED) is 0.767. The lowest BCUT2D eigenvalue weighted by atomic mass is 10.1. The zero-order valence-corrected chi connectivity index (χ0v) is 16.3. The van der Waals surface area contributed by atoms with Gasteiger partial charge in [0, 0.05) is 23.5 Å². The number of fused-ring (bicyclic) bond motifs is 1. The number of carbonyl (C=O) groups is 2. The van der Waals surface area contributed by atoms with E-state index in [4.69, 9.17) is 4.74 Å². The number of hydrogen-bond donors (Lipinski definition) is 2. The molecular formula is C20H23N3O3S. The van der Waals surface area contributed by atoms with Gasteiger partial charge in [-0.2, -0.15) is 0 Å². The Kier molecular flexibility index (Phi) is 6.36. The van der Waals surface area contributed by atoms with Crippen molar-refractivity contribution >= 4 is 29.3 Å². The number of carbonyl (C=O) groups excluding carboxylic acids is 2. The number of thioether (sulfide) groups is 1. The molecule has 142 valence electrons. The van der Waals surface area contributed by atoms with Crippen molar-refractivity contribution in [3.63, 3.8) is 0 Å². The predicted molar refractivity (Wildman–Crippen MR) is 107 cm³/mol. The minimum Gasteiger partial charge on any atom is -0.492 e. The second-order valence-electron chi connectivity index (χ2n) is 6.53. The summed E-state index contributed by atoms with van der Waals surface area (Å²) in [6.45, 7) is 1.92. The van der Waals surface area contributed by atoms with Crippen LogP contribution >= 0.6 is 11.8 Å². The van der Waals surface area contributed by atoms with Crippen LogP contribution in [0.4, 0.5) is 5.69 Å². The van der Waals surface area contributed by atoms with Gasteiger partial charge in [-0.05, 0) is 50.0 Å². The number of amides is 2. The molecule has 0 saturated carbocycles. The van der Waals surface area contributed by atoms with Gasteiger partial charge >= 0.3 is 0 Å². The molecule has 0 fully saturated rings. The standard InChI is InChI=1S/C20H23N3O3S/c1-23(2)9-10-26-16-6-3-14(4-7-16)12-21-20(25)15-5-8-18-17(11-15)22-19(24)13-27-18/h3-8,11H,9-10,12-13H2,1-2H3,(H,21,25)(H,22,24). The van der Waals surface area contributed by atoms with Gasteiger partial charge in [0.2, 0.25) is 5.91 Å². The van der Waals surface area contributed by atoms with E-state index in [9.17, 15) is 9.59 Å². The lowest BCUT2D eigenvalue weighted by molar-refractivity contribution is -0.113. The Morgan fingerprint density at radius 1 is 1.22 bits per heavy atom. The van der Waals surface area contributed by atoms with Gasteiger partial charge in [-0.15, -0.1) is 11.8 Å². The minimum absolute atomic E-state index is 0.0436. The van der Waals surface area contributed by atoms with Gasteiger partial charge in [0.15, 0.2) is 0 Å². The van der Waals surface area contributed by atoms with Crippen molar-refractivity contribution < 1.29 is 14.3 Å². The van der Waals surface area contributed by atoms with Crippen molar-refractivity contribution in [2.24, 2.45) is 0 Å². The number of hydrogen-bond acceptors (Lipinski definition) is 5. The van der Waals surface area contributed by atoms with E-state index in [1.807, 2.05) is 44.4 Å². The molecule has 0 radical (unpaired) electrons. The first-order valence-corrected chi connectivity index (χ1v) is 9.71. The van der Waals surface area contributed by atoms with Crippen LogP contribution in [0.2, 0.25) is 0 Å². The summed E-state index contributed by atoms with van der Waals surface area (Å²) in [5.41, 5.74) is 2.22. The average Bonchev–Trinajstić information content (AvgIpc) is 2.66. The number of ether oxygens (including phenoxy) is 1. The molecule has 1 aliphatic rings. The van der Waals surface area contributed by atoms with Crippen LogP contribution in [0.3, 0.4) is 0 Å². The molecule has 1 aliphatic heterocycles. The number of rotatable bonds is 7. The Bertz CT molecular complexity index is 822. The van der Waals surface area contributed by atoms with Crippen LogP contribution in [-0.2, 0) is 11.3 Å². The molecule has 0 saturated heterocycles. The number of anilines is 1. The van der Waals surface area contributed by atoms with Gasteiger partial charge in [-0.25, -0.2) is 0 Å².